The molecule has 0 fully saturated rings. The van der Waals surface area contributed by atoms with Gasteiger partial charge in [-0.3, -0.25) is 4.79 Å². The fourth-order valence-corrected chi connectivity index (χ4v) is 2.87. The molecule has 2 aromatic rings. The van der Waals surface area contributed by atoms with Gasteiger partial charge >= 0.3 is 5.97 Å². The Hall–Kier alpha value is -2.59. The van der Waals surface area contributed by atoms with Crippen LogP contribution in [0, 0.1) is 0 Å². The first-order chi connectivity index (χ1) is 11.6. The van der Waals surface area contributed by atoms with Crippen molar-refractivity contribution < 1.29 is 14.6 Å². The Kier molecular flexibility index (Phi) is 4.96. The molecule has 0 saturated carbocycles. The van der Waals surface area contributed by atoms with Crippen molar-refractivity contribution in [3.05, 3.63) is 65.7 Å². The lowest BCUT2D eigenvalue weighted by molar-refractivity contribution is -0.137. The lowest BCUT2D eigenvalue weighted by Gasteiger charge is -2.23. The summed E-state index contributed by atoms with van der Waals surface area (Å²) in [6.45, 7) is 1.39. The average Bonchev–Trinajstić information content (AvgIpc) is 2.59. The summed E-state index contributed by atoms with van der Waals surface area (Å²) in [5, 5.41) is 8.76. The Morgan fingerprint density at radius 3 is 2.21 bits per heavy atom. The zero-order chi connectivity index (χ0) is 16.9. The summed E-state index contributed by atoms with van der Waals surface area (Å²) in [5.74, 6) is 0.996. The van der Waals surface area contributed by atoms with E-state index >= 15 is 0 Å². The summed E-state index contributed by atoms with van der Waals surface area (Å²) >= 11 is 0. The van der Waals surface area contributed by atoms with Gasteiger partial charge in [-0.2, -0.15) is 0 Å². The molecule has 0 aromatic heterocycles. The lowest BCUT2D eigenvalue weighted by Crippen LogP contribution is -2.22. The van der Waals surface area contributed by atoms with E-state index < -0.39 is 5.97 Å². The van der Waals surface area contributed by atoms with Gasteiger partial charge in [-0.05, 0) is 31.2 Å². The van der Waals surface area contributed by atoms with Crippen LogP contribution in [0.1, 0.15) is 24.0 Å². The molecule has 24 heavy (non-hydrogen) atoms. The predicted molar refractivity (Wildman–Crippen MR) is 94.4 cm³/mol. The molecule has 4 heteroatoms. The first-order valence-electron chi connectivity index (χ1n) is 8.12. The minimum absolute atomic E-state index is 0.173. The van der Waals surface area contributed by atoms with E-state index in [0.29, 0.717) is 6.54 Å². The molecular formula is C20H21NO3. The topological polar surface area (TPSA) is 49.8 Å². The molecule has 0 bridgehead atoms. The number of ether oxygens (including phenoxy) is 1. The van der Waals surface area contributed by atoms with Crippen LogP contribution < -0.4 is 4.74 Å². The summed E-state index contributed by atoms with van der Waals surface area (Å²) < 4.78 is 5.98. The third-order valence-electron chi connectivity index (χ3n) is 4.14. The molecule has 0 radical (unpaired) electrons. The number of hydrogen-bond acceptors (Lipinski definition) is 3. The van der Waals surface area contributed by atoms with Crippen molar-refractivity contribution in [3.8, 4) is 11.5 Å². The number of aliphatic carboxylic acids is 1. The summed E-state index contributed by atoms with van der Waals surface area (Å²) in [6, 6.07) is 16.1. The molecule has 124 valence electrons. The van der Waals surface area contributed by atoms with E-state index in [9.17, 15) is 4.79 Å². The van der Waals surface area contributed by atoms with Crippen molar-refractivity contribution in [2.24, 2.45) is 0 Å². The van der Waals surface area contributed by atoms with E-state index in [-0.39, 0.29) is 6.42 Å². The van der Waals surface area contributed by atoms with Crippen molar-refractivity contribution in [1.82, 2.24) is 4.90 Å². The molecular weight excluding hydrogens is 302 g/mol. The molecule has 0 spiro atoms. The number of benzene rings is 2. The Bertz CT molecular complexity index is 719. The predicted octanol–water partition coefficient (Wildman–Crippen LogP) is 4.02. The number of nitrogens with zero attached hydrogens (tertiary/aromatic N) is 1. The molecule has 1 heterocycles. The summed E-state index contributed by atoms with van der Waals surface area (Å²) in [4.78, 5) is 12.7. The second kappa shape index (κ2) is 7.32. The molecule has 2 aromatic carbocycles. The highest BCUT2D eigenvalue weighted by Crippen LogP contribution is 2.43. The molecule has 3 rings (SSSR count). The van der Waals surface area contributed by atoms with Gasteiger partial charge in [-0.25, -0.2) is 0 Å². The van der Waals surface area contributed by atoms with E-state index in [4.69, 9.17) is 9.84 Å². The van der Waals surface area contributed by atoms with Crippen LogP contribution in [0.25, 0.3) is 5.57 Å². The third kappa shape index (κ3) is 3.66. The van der Waals surface area contributed by atoms with Crippen LogP contribution in [0.5, 0.6) is 11.5 Å². The monoisotopic (exact) mass is 323 g/mol. The van der Waals surface area contributed by atoms with E-state index in [2.05, 4.69) is 18.2 Å². The van der Waals surface area contributed by atoms with Gasteiger partial charge < -0.3 is 14.7 Å². The zero-order valence-electron chi connectivity index (χ0n) is 13.7. The van der Waals surface area contributed by atoms with Crippen molar-refractivity contribution in [2.45, 2.75) is 12.8 Å². The van der Waals surface area contributed by atoms with Crippen molar-refractivity contribution in [3.63, 3.8) is 0 Å². The SMILES string of the molecule is CN(CCC=C1c2ccccc2Oc2ccccc21)CCC(=O)O. The van der Waals surface area contributed by atoms with Crippen molar-refractivity contribution >= 4 is 11.5 Å². The Morgan fingerprint density at radius 2 is 1.62 bits per heavy atom. The summed E-state index contributed by atoms with van der Waals surface area (Å²) in [6.07, 6.45) is 3.25. The minimum atomic E-state index is -0.757. The molecule has 1 aliphatic rings. The quantitative estimate of drug-likeness (QED) is 0.744. The second-order valence-electron chi connectivity index (χ2n) is 5.95. The number of carboxylic acid groups (broad SMARTS) is 1. The van der Waals surface area contributed by atoms with Gasteiger partial charge in [-0.1, -0.05) is 42.5 Å². The highest BCUT2D eigenvalue weighted by molar-refractivity contribution is 5.87. The van der Waals surface area contributed by atoms with Gasteiger partial charge in [0.05, 0.1) is 6.42 Å². The van der Waals surface area contributed by atoms with E-state index in [1.54, 1.807) is 0 Å². The molecule has 1 N–H and O–H groups in total. The third-order valence-corrected chi connectivity index (χ3v) is 4.14. The van der Waals surface area contributed by atoms with E-state index in [1.807, 2.05) is 48.3 Å². The summed E-state index contributed by atoms with van der Waals surface area (Å²) in [7, 11) is 1.95. The molecule has 0 amide bonds. The van der Waals surface area contributed by atoms with Crippen LogP contribution in [0.15, 0.2) is 54.6 Å². The maximum Gasteiger partial charge on any atom is 0.304 e. The Labute approximate surface area is 142 Å². The first-order valence-corrected chi connectivity index (χ1v) is 8.12. The van der Waals surface area contributed by atoms with Gasteiger partial charge in [0.2, 0.25) is 0 Å². The van der Waals surface area contributed by atoms with Gasteiger partial charge in [0.25, 0.3) is 0 Å². The normalized spacial score (nSPS) is 12.3. The molecule has 0 saturated heterocycles. The largest absolute Gasteiger partial charge is 0.481 e. The van der Waals surface area contributed by atoms with Crippen molar-refractivity contribution in [2.75, 3.05) is 20.1 Å². The smallest absolute Gasteiger partial charge is 0.304 e. The van der Waals surface area contributed by atoms with Gasteiger partial charge in [0.1, 0.15) is 11.5 Å². The van der Waals surface area contributed by atoms with Crippen LogP contribution in [0.2, 0.25) is 0 Å². The molecule has 0 unspecified atom stereocenters. The van der Waals surface area contributed by atoms with Crippen LogP contribution in [0.3, 0.4) is 0 Å². The number of para-hydroxylation sites is 2. The van der Waals surface area contributed by atoms with Gasteiger partial charge in [0.15, 0.2) is 0 Å². The lowest BCUT2D eigenvalue weighted by atomic mass is 9.93. The van der Waals surface area contributed by atoms with Crippen molar-refractivity contribution in [1.29, 1.82) is 0 Å². The van der Waals surface area contributed by atoms with Crippen LogP contribution in [0.4, 0.5) is 0 Å². The van der Waals surface area contributed by atoms with E-state index in [0.717, 1.165) is 35.6 Å². The Balaban J connectivity index is 1.78. The first kappa shape index (κ1) is 16.3. The van der Waals surface area contributed by atoms with Crippen LogP contribution >= 0.6 is 0 Å². The molecule has 1 aliphatic heterocycles. The van der Waals surface area contributed by atoms with E-state index in [1.165, 1.54) is 5.57 Å². The minimum Gasteiger partial charge on any atom is -0.481 e. The zero-order valence-corrected chi connectivity index (χ0v) is 13.7. The maximum atomic E-state index is 10.6. The fourth-order valence-electron chi connectivity index (χ4n) is 2.87. The van der Waals surface area contributed by atoms with Crippen LogP contribution in [-0.4, -0.2) is 36.1 Å². The number of hydrogen-bond donors (Lipinski definition) is 1. The van der Waals surface area contributed by atoms with Gasteiger partial charge in [0, 0.05) is 24.2 Å². The van der Waals surface area contributed by atoms with Gasteiger partial charge in [-0.15, -0.1) is 0 Å². The fraction of sp³-hybridized carbons (Fsp3) is 0.250. The number of carbonyl (C=O) groups is 1. The summed E-state index contributed by atoms with van der Waals surface area (Å²) in [5.41, 5.74) is 3.38. The second-order valence-corrected chi connectivity index (χ2v) is 5.95. The average molecular weight is 323 g/mol. The highest BCUT2D eigenvalue weighted by Gasteiger charge is 2.20. The Morgan fingerprint density at radius 1 is 1.04 bits per heavy atom. The number of fused-ring (bicyclic) bond motifs is 2. The standard InChI is InChI=1S/C20H21NO3/c1-21(14-12-20(22)23)13-6-9-15-16-7-2-4-10-18(16)24-19-11-5-3-8-17(15)19/h2-5,7-11H,6,12-14H2,1H3,(H,22,23). The molecule has 0 aliphatic carbocycles. The molecule has 4 nitrogen and oxygen atoms in total. The maximum absolute atomic E-state index is 10.6. The van der Waals surface area contributed by atoms with Crippen LogP contribution in [-0.2, 0) is 4.79 Å². The number of rotatable bonds is 6. The highest BCUT2D eigenvalue weighted by atomic mass is 16.5. The molecule has 0 atom stereocenters. The number of carboxylic acids is 1.